The Morgan fingerprint density at radius 2 is 1.43 bits per heavy atom. The van der Waals surface area contributed by atoms with Crippen LogP contribution in [-0.4, -0.2) is 91.8 Å². The van der Waals surface area contributed by atoms with E-state index in [-0.39, 0.29) is 18.3 Å². The van der Waals surface area contributed by atoms with Gasteiger partial charge in [0.1, 0.15) is 11.6 Å². The van der Waals surface area contributed by atoms with E-state index in [9.17, 15) is 4.79 Å². The molecular formula is C34H43N11O4. The molecule has 0 radical (unpaired) electrons. The quantitative estimate of drug-likeness (QED) is 0.167. The summed E-state index contributed by atoms with van der Waals surface area (Å²) in [5, 5.41) is 28.8. The third-order valence-electron chi connectivity index (χ3n) is 10.8. The number of fused-ring (bicyclic) bond motifs is 6. The second kappa shape index (κ2) is 13.3. The molecule has 3 aliphatic rings. The van der Waals surface area contributed by atoms with Crippen molar-refractivity contribution in [2.45, 2.75) is 95.4 Å². The SMILES string of the molecule is CC[C@@H]1C[C@H](O[C@H]2C[C@@H](CC)[C@@H](c3nnc4cnc5[nH]ccc5n34)C2)C[C@@H]1c1nnc2cnc3[nH]ccc3n12.O=C(O)NC[C@@H]1CCCO1. The Morgan fingerprint density at radius 3 is 1.90 bits per heavy atom. The lowest BCUT2D eigenvalue weighted by atomic mass is 9.93. The van der Waals surface area contributed by atoms with E-state index in [0.29, 0.717) is 30.2 Å². The number of ether oxygens (including phenoxy) is 2. The molecule has 0 aromatic carbocycles. The average Bonchev–Trinajstić information content (AvgIpc) is 3.95. The third kappa shape index (κ3) is 5.98. The molecule has 6 aromatic rings. The molecule has 0 unspecified atom stereocenters. The van der Waals surface area contributed by atoms with Gasteiger partial charge in [0.05, 0.1) is 41.7 Å². The van der Waals surface area contributed by atoms with Crippen molar-refractivity contribution in [3.8, 4) is 0 Å². The minimum Gasteiger partial charge on any atom is -0.465 e. The van der Waals surface area contributed by atoms with Gasteiger partial charge >= 0.3 is 6.09 Å². The summed E-state index contributed by atoms with van der Waals surface area (Å²) in [7, 11) is 0. The van der Waals surface area contributed by atoms with Crippen LogP contribution in [0.15, 0.2) is 36.9 Å². The number of nitrogens with zero attached hydrogens (tertiary/aromatic N) is 8. The first kappa shape index (κ1) is 31.6. The van der Waals surface area contributed by atoms with E-state index in [2.05, 4.69) is 80.4 Å². The van der Waals surface area contributed by atoms with Crippen LogP contribution in [-0.2, 0) is 9.47 Å². The number of aromatic nitrogens is 10. The molecule has 6 aromatic heterocycles. The van der Waals surface area contributed by atoms with Crippen LogP contribution in [0.4, 0.5) is 4.79 Å². The first-order valence-electron chi connectivity index (χ1n) is 17.6. The topological polar surface area (TPSA) is 186 Å². The first-order chi connectivity index (χ1) is 24.0. The predicted molar refractivity (Wildman–Crippen MR) is 180 cm³/mol. The van der Waals surface area contributed by atoms with Crippen LogP contribution in [0.2, 0.25) is 0 Å². The molecule has 0 bridgehead atoms. The third-order valence-corrected chi connectivity index (χ3v) is 10.8. The highest BCUT2D eigenvalue weighted by Crippen LogP contribution is 2.47. The van der Waals surface area contributed by atoms with Crippen molar-refractivity contribution >= 4 is 39.7 Å². The number of carboxylic acid groups (broad SMARTS) is 1. The van der Waals surface area contributed by atoms with Gasteiger partial charge in [-0.25, -0.2) is 14.8 Å². The highest BCUT2D eigenvalue weighted by atomic mass is 16.5. The molecule has 1 aliphatic heterocycles. The average molecular weight is 670 g/mol. The van der Waals surface area contributed by atoms with Crippen LogP contribution < -0.4 is 5.32 Å². The van der Waals surface area contributed by atoms with Crippen molar-refractivity contribution in [2.24, 2.45) is 11.8 Å². The lowest BCUT2D eigenvalue weighted by Gasteiger charge is -2.18. The Balaban J connectivity index is 0.000000302. The molecule has 258 valence electrons. The van der Waals surface area contributed by atoms with Gasteiger partial charge in [-0.15, -0.1) is 20.4 Å². The molecule has 4 N–H and O–H groups in total. The zero-order chi connectivity index (χ0) is 33.5. The van der Waals surface area contributed by atoms with Crippen LogP contribution in [0, 0.1) is 11.8 Å². The minimum atomic E-state index is -0.976. The highest BCUT2D eigenvalue weighted by molar-refractivity contribution is 5.75. The number of hydrogen-bond donors (Lipinski definition) is 4. The van der Waals surface area contributed by atoms with Crippen molar-refractivity contribution in [1.82, 2.24) is 54.4 Å². The van der Waals surface area contributed by atoms with Gasteiger partial charge in [-0.05, 0) is 62.5 Å². The molecule has 0 spiro atoms. The number of hydrogen-bond acceptors (Lipinski definition) is 9. The van der Waals surface area contributed by atoms with Crippen LogP contribution in [0.5, 0.6) is 0 Å². The van der Waals surface area contributed by atoms with Gasteiger partial charge in [0.25, 0.3) is 0 Å². The molecule has 49 heavy (non-hydrogen) atoms. The van der Waals surface area contributed by atoms with Crippen molar-refractivity contribution in [3.05, 3.63) is 48.6 Å². The van der Waals surface area contributed by atoms with Gasteiger partial charge in [0.2, 0.25) is 0 Å². The van der Waals surface area contributed by atoms with E-state index in [1.165, 1.54) is 0 Å². The summed E-state index contributed by atoms with van der Waals surface area (Å²) in [6, 6.07) is 4.11. The highest BCUT2D eigenvalue weighted by Gasteiger charge is 2.42. The monoisotopic (exact) mass is 669 g/mol. The van der Waals surface area contributed by atoms with E-state index in [1.54, 1.807) is 12.4 Å². The molecule has 1 saturated heterocycles. The first-order valence-corrected chi connectivity index (χ1v) is 17.6. The van der Waals surface area contributed by atoms with Crippen LogP contribution in [0.25, 0.3) is 33.6 Å². The number of amides is 1. The maximum atomic E-state index is 9.99. The zero-order valence-corrected chi connectivity index (χ0v) is 27.8. The molecule has 3 fully saturated rings. The van der Waals surface area contributed by atoms with Crippen LogP contribution >= 0.6 is 0 Å². The lowest BCUT2D eigenvalue weighted by Crippen LogP contribution is -2.30. The fourth-order valence-electron chi connectivity index (χ4n) is 8.46. The van der Waals surface area contributed by atoms with E-state index < -0.39 is 6.09 Å². The maximum Gasteiger partial charge on any atom is 0.404 e. The Labute approximate surface area is 282 Å². The van der Waals surface area contributed by atoms with Gasteiger partial charge in [-0.1, -0.05) is 26.7 Å². The smallest absolute Gasteiger partial charge is 0.404 e. The molecule has 9 rings (SSSR count). The van der Waals surface area contributed by atoms with Gasteiger partial charge in [-0.2, -0.15) is 0 Å². The molecule has 15 heteroatoms. The Hall–Kier alpha value is -4.63. The maximum absolute atomic E-state index is 9.99. The minimum absolute atomic E-state index is 0.107. The zero-order valence-electron chi connectivity index (χ0n) is 27.8. The number of nitrogens with one attached hydrogen (secondary N) is 3. The fraction of sp³-hybridized carbons (Fsp3) is 0.559. The van der Waals surface area contributed by atoms with Crippen LogP contribution in [0.3, 0.4) is 0 Å². The van der Waals surface area contributed by atoms with Gasteiger partial charge < -0.3 is 29.9 Å². The number of aromatic amines is 2. The number of carbonyl (C=O) groups is 1. The van der Waals surface area contributed by atoms with Crippen molar-refractivity contribution in [1.29, 1.82) is 0 Å². The van der Waals surface area contributed by atoms with Crippen molar-refractivity contribution in [3.63, 3.8) is 0 Å². The summed E-state index contributed by atoms with van der Waals surface area (Å²) < 4.78 is 16.4. The standard InChI is InChI=1S/C28H32N10O.C6H11NO3/c1-3-15-9-17(11-19(15)27-35-33-23-13-31-25-21(37(23)27)5-7-29-25)39-18-10-16(4-2)20(12-18)28-36-34-24-14-32-26-22(38(24)28)6-8-30-26;8-6(9)7-4-5-2-1-3-10-5/h5-8,13-20,29-30H,3-4,9-12H2,1-2H3;5,7H,1-4H2,(H,8,9)/t15-,16-,17+,18+,19+,20+;5-/m10/s1. The van der Waals surface area contributed by atoms with Gasteiger partial charge in [0, 0.05) is 37.4 Å². The molecular weight excluding hydrogens is 626 g/mol. The van der Waals surface area contributed by atoms with Crippen LogP contribution in [0.1, 0.15) is 88.7 Å². The summed E-state index contributed by atoms with van der Waals surface area (Å²) in [6.07, 6.45) is 15.3. The Bertz CT molecular complexity index is 1930. The summed E-state index contributed by atoms with van der Waals surface area (Å²) >= 11 is 0. The molecule has 2 aliphatic carbocycles. The molecule has 2 saturated carbocycles. The summed E-state index contributed by atoms with van der Waals surface area (Å²) in [5.41, 5.74) is 5.38. The normalized spacial score (nSPS) is 27.0. The van der Waals surface area contributed by atoms with Gasteiger partial charge in [0.15, 0.2) is 22.6 Å². The second-order valence-electron chi connectivity index (χ2n) is 13.6. The van der Waals surface area contributed by atoms with Crippen molar-refractivity contribution < 1.29 is 19.4 Å². The predicted octanol–water partition coefficient (Wildman–Crippen LogP) is 5.22. The number of rotatable bonds is 8. The van der Waals surface area contributed by atoms with Crippen molar-refractivity contribution in [2.75, 3.05) is 13.2 Å². The Morgan fingerprint density at radius 1 is 0.878 bits per heavy atom. The van der Waals surface area contributed by atoms with E-state index in [1.807, 2.05) is 12.4 Å². The Kier molecular flexibility index (Phi) is 8.62. The lowest BCUT2D eigenvalue weighted by molar-refractivity contribution is -0.00877. The molecule has 7 atom stereocenters. The van der Waals surface area contributed by atoms with E-state index in [4.69, 9.17) is 14.6 Å². The number of H-pyrrole nitrogens is 2. The largest absolute Gasteiger partial charge is 0.465 e. The second-order valence-corrected chi connectivity index (χ2v) is 13.6. The summed E-state index contributed by atoms with van der Waals surface area (Å²) in [4.78, 5) is 25.4. The van der Waals surface area contributed by atoms with E-state index >= 15 is 0 Å². The summed E-state index contributed by atoms with van der Waals surface area (Å²) in [5.74, 6) is 3.71. The molecule has 1 amide bonds. The van der Waals surface area contributed by atoms with Gasteiger partial charge in [-0.3, -0.25) is 8.80 Å². The summed E-state index contributed by atoms with van der Waals surface area (Å²) in [6.45, 7) is 5.76. The fourth-order valence-corrected chi connectivity index (χ4v) is 8.46. The van der Waals surface area contributed by atoms with E-state index in [0.717, 1.165) is 103 Å². The molecule has 15 nitrogen and oxygen atoms in total. The molecule has 7 heterocycles.